The third-order valence-corrected chi connectivity index (χ3v) is 3.00. The number of ether oxygens (including phenoxy) is 1. The lowest BCUT2D eigenvalue weighted by atomic mass is 10.1. The van der Waals surface area contributed by atoms with Crippen LogP contribution in [0.5, 0.6) is 0 Å². The number of anilines is 1. The van der Waals surface area contributed by atoms with Gasteiger partial charge in [0.1, 0.15) is 0 Å². The maximum atomic E-state index is 11.7. The average Bonchev–Trinajstić information content (AvgIpc) is 2.55. The maximum Gasteiger partial charge on any atom is 0.306 e. The van der Waals surface area contributed by atoms with Crippen LogP contribution in [0.15, 0.2) is 41.5 Å². The zero-order valence-electron chi connectivity index (χ0n) is 12.7. The number of rotatable bonds is 6. The van der Waals surface area contributed by atoms with Gasteiger partial charge in [0.15, 0.2) is 0 Å². The molecule has 2 N–H and O–H groups in total. The Labute approximate surface area is 132 Å². The summed E-state index contributed by atoms with van der Waals surface area (Å²) in [5, 5.41) is 2.70. The van der Waals surface area contributed by atoms with Crippen molar-refractivity contribution in [2.75, 3.05) is 11.9 Å². The minimum atomic E-state index is -0.387. The first-order chi connectivity index (χ1) is 11.1. The van der Waals surface area contributed by atoms with E-state index in [1.54, 1.807) is 31.2 Å². The Kier molecular flexibility index (Phi) is 5.62. The number of carbonyl (C=O) groups excluding carboxylic acids is 2. The van der Waals surface area contributed by atoms with E-state index in [1.807, 2.05) is 0 Å². The summed E-state index contributed by atoms with van der Waals surface area (Å²) in [6.45, 7) is 2.03. The molecular formula is C16H17N3O4. The highest BCUT2D eigenvalue weighted by atomic mass is 16.5. The summed E-state index contributed by atoms with van der Waals surface area (Å²) >= 11 is 0. The number of H-pyrrole nitrogens is 1. The van der Waals surface area contributed by atoms with Crippen LogP contribution in [0.1, 0.15) is 19.8 Å². The zero-order valence-corrected chi connectivity index (χ0v) is 12.7. The van der Waals surface area contributed by atoms with Crippen LogP contribution in [0.25, 0.3) is 11.3 Å². The smallest absolute Gasteiger partial charge is 0.306 e. The number of carbonyl (C=O) groups is 2. The summed E-state index contributed by atoms with van der Waals surface area (Å²) in [5.74, 6) is -0.643. The van der Waals surface area contributed by atoms with Gasteiger partial charge in [0.25, 0.3) is 5.56 Å². The number of aromatic nitrogens is 2. The average molecular weight is 315 g/mol. The van der Waals surface area contributed by atoms with E-state index in [-0.39, 0.29) is 30.3 Å². The van der Waals surface area contributed by atoms with E-state index in [1.165, 1.54) is 12.4 Å². The molecule has 0 atom stereocenters. The first kappa shape index (κ1) is 16.4. The molecule has 0 unspecified atom stereocenters. The molecule has 0 spiro atoms. The molecule has 0 saturated carbocycles. The number of aromatic amines is 1. The van der Waals surface area contributed by atoms with Gasteiger partial charge in [0.05, 0.1) is 24.9 Å². The Balaban J connectivity index is 1.92. The zero-order chi connectivity index (χ0) is 16.7. The van der Waals surface area contributed by atoms with Crippen LogP contribution >= 0.6 is 0 Å². The fourth-order valence-electron chi connectivity index (χ4n) is 1.90. The van der Waals surface area contributed by atoms with Gasteiger partial charge in [0, 0.05) is 23.9 Å². The van der Waals surface area contributed by atoms with E-state index in [0.717, 1.165) is 5.56 Å². The normalized spacial score (nSPS) is 10.1. The largest absolute Gasteiger partial charge is 0.466 e. The molecule has 0 aliphatic rings. The molecule has 0 saturated heterocycles. The topological polar surface area (TPSA) is 101 Å². The lowest BCUT2D eigenvalue weighted by molar-refractivity contribution is -0.144. The van der Waals surface area contributed by atoms with Gasteiger partial charge in [-0.15, -0.1) is 0 Å². The van der Waals surface area contributed by atoms with Crippen LogP contribution in [0, 0.1) is 0 Å². The predicted octanol–water partition coefficient (Wildman–Crippen LogP) is 1.72. The summed E-state index contributed by atoms with van der Waals surface area (Å²) in [7, 11) is 0. The Morgan fingerprint density at radius 3 is 2.57 bits per heavy atom. The molecule has 2 rings (SSSR count). The van der Waals surface area contributed by atoms with Gasteiger partial charge < -0.3 is 15.0 Å². The number of nitrogens with zero attached hydrogens (tertiary/aromatic N) is 1. The van der Waals surface area contributed by atoms with Crippen molar-refractivity contribution in [2.45, 2.75) is 19.8 Å². The second-order valence-electron chi connectivity index (χ2n) is 4.73. The molecule has 0 aliphatic carbocycles. The van der Waals surface area contributed by atoms with Crippen molar-refractivity contribution < 1.29 is 14.3 Å². The van der Waals surface area contributed by atoms with Crippen LogP contribution < -0.4 is 10.9 Å². The number of benzene rings is 1. The highest BCUT2D eigenvalue weighted by Gasteiger charge is 2.08. The Morgan fingerprint density at radius 2 is 1.96 bits per heavy atom. The van der Waals surface area contributed by atoms with Gasteiger partial charge in [-0.1, -0.05) is 12.1 Å². The molecular weight excluding hydrogens is 298 g/mol. The Morgan fingerprint density at radius 1 is 1.22 bits per heavy atom. The van der Waals surface area contributed by atoms with E-state index >= 15 is 0 Å². The highest BCUT2D eigenvalue weighted by molar-refractivity contribution is 5.92. The fraction of sp³-hybridized carbons (Fsp3) is 0.250. The Bertz CT molecular complexity index is 717. The third-order valence-electron chi connectivity index (χ3n) is 3.00. The van der Waals surface area contributed by atoms with Crippen LogP contribution in [0.3, 0.4) is 0 Å². The first-order valence-electron chi connectivity index (χ1n) is 7.19. The van der Waals surface area contributed by atoms with E-state index in [2.05, 4.69) is 15.3 Å². The van der Waals surface area contributed by atoms with E-state index in [9.17, 15) is 14.4 Å². The monoisotopic (exact) mass is 315 g/mol. The van der Waals surface area contributed by atoms with Crippen molar-refractivity contribution >= 4 is 17.6 Å². The number of amides is 1. The van der Waals surface area contributed by atoms with Crippen molar-refractivity contribution in [3.8, 4) is 11.3 Å². The number of nitrogens with one attached hydrogen (secondary N) is 2. The number of hydrogen-bond donors (Lipinski definition) is 2. The van der Waals surface area contributed by atoms with Crippen LogP contribution in [-0.4, -0.2) is 28.5 Å². The summed E-state index contributed by atoms with van der Waals surface area (Å²) in [6, 6.07) is 7.01. The van der Waals surface area contributed by atoms with Crippen LogP contribution in [0.4, 0.5) is 5.69 Å². The molecule has 0 fully saturated rings. The third kappa shape index (κ3) is 5.06. The molecule has 2 aromatic rings. The standard InChI is InChI=1S/C16H17N3O4/c1-2-23-16(22)8-7-14(20)19-12-5-3-11(4-6-12)13-9-18-15(21)10-17-13/h3-6,9-10H,2,7-8H2,1H3,(H,18,21)(H,19,20). The first-order valence-corrected chi connectivity index (χ1v) is 7.19. The van der Waals surface area contributed by atoms with Crippen LogP contribution in [0.2, 0.25) is 0 Å². The summed E-state index contributed by atoms with van der Waals surface area (Å²) < 4.78 is 4.76. The summed E-state index contributed by atoms with van der Waals surface area (Å²) in [4.78, 5) is 40.5. The van der Waals surface area contributed by atoms with E-state index < -0.39 is 0 Å². The molecule has 1 heterocycles. The molecule has 23 heavy (non-hydrogen) atoms. The molecule has 7 heteroatoms. The Hall–Kier alpha value is -2.96. The molecule has 1 amide bonds. The van der Waals surface area contributed by atoms with Gasteiger partial charge in [0.2, 0.25) is 5.91 Å². The molecule has 1 aromatic carbocycles. The molecule has 120 valence electrons. The predicted molar refractivity (Wildman–Crippen MR) is 84.8 cm³/mol. The molecule has 1 aromatic heterocycles. The summed E-state index contributed by atoms with van der Waals surface area (Å²) in [5.41, 5.74) is 1.79. The van der Waals surface area contributed by atoms with Crippen molar-refractivity contribution in [2.24, 2.45) is 0 Å². The van der Waals surface area contributed by atoms with Gasteiger partial charge in [-0.2, -0.15) is 0 Å². The van der Waals surface area contributed by atoms with Crippen LogP contribution in [-0.2, 0) is 14.3 Å². The van der Waals surface area contributed by atoms with E-state index in [4.69, 9.17) is 4.74 Å². The maximum absolute atomic E-state index is 11.7. The minimum Gasteiger partial charge on any atom is -0.466 e. The molecule has 0 radical (unpaired) electrons. The quantitative estimate of drug-likeness (QED) is 0.790. The number of hydrogen-bond acceptors (Lipinski definition) is 5. The summed E-state index contributed by atoms with van der Waals surface area (Å²) in [6.07, 6.45) is 2.86. The van der Waals surface area contributed by atoms with Gasteiger partial charge in [-0.25, -0.2) is 4.98 Å². The SMILES string of the molecule is CCOC(=O)CCC(=O)Nc1ccc(-c2c[nH]c(=O)cn2)cc1. The second-order valence-corrected chi connectivity index (χ2v) is 4.73. The molecule has 0 aliphatic heterocycles. The lowest BCUT2D eigenvalue weighted by Gasteiger charge is -2.06. The van der Waals surface area contributed by atoms with E-state index in [0.29, 0.717) is 18.0 Å². The van der Waals surface area contributed by atoms with Crippen molar-refractivity contribution in [1.29, 1.82) is 0 Å². The fourth-order valence-corrected chi connectivity index (χ4v) is 1.90. The van der Waals surface area contributed by atoms with Gasteiger partial charge >= 0.3 is 5.97 Å². The molecule has 0 bridgehead atoms. The number of esters is 1. The van der Waals surface area contributed by atoms with Crippen molar-refractivity contribution in [1.82, 2.24) is 9.97 Å². The minimum absolute atomic E-state index is 0.0546. The molecule has 7 nitrogen and oxygen atoms in total. The lowest BCUT2D eigenvalue weighted by Crippen LogP contribution is -2.14. The second kappa shape index (κ2) is 7.88. The van der Waals surface area contributed by atoms with Crippen molar-refractivity contribution in [3.63, 3.8) is 0 Å². The van der Waals surface area contributed by atoms with Gasteiger partial charge in [-0.05, 0) is 19.1 Å². The van der Waals surface area contributed by atoms with Gasteiger partial charge in [-0.3, -0.25) is 14.4 Å². The van der Waals surface area contributed by atoms with Crippen molar-refractivity contribution in [3.05, 3.63) is 47.0 Å². The highest BCUT2D eigenvalue weighted by Crippen LogP contribution is 2.18.